The van der Waals surface area contributed by atoms with E-state index < -0.39 is 0 Å². The molecule has 2 saturated heterocycles. The van der Waals surface area contributed by atoms with Crippen molar-refractivity contribution in [1.82, 2.24) is 15.1 Å². The monoisotopic (exact) mass is 360 g/mol. The van der Waals surface area contributed by atoms with Gasteiger partial charge in [-0.2, -0.15) is 0 Å². The van der Waals surface area contributed by atoms with E-state index in [9.17, 15) is 14.4 Å². The predicted octanol–water partition coefficient (Wildman–Crippen LogP) is 0.674. The van der Waals surface area contributed by atoms with Gasteiger partial charge in [-0.15, -0.1) is 0 Å². The van der Waals surface area contributed by atoms with Crippen molar-refractivity contribution in [3.05, 3.63) is 24.3 Å². The van der Waals surface area contributed by atoms with Crippen LogP contribution in [0.3, 0.4) is 0 Å². The largest absolute Gasteiger partial charge is 0.494 e. The second-order valence-corrected chi connectivity index (χ2v) is 6.41. The molecule has 2 aliphatic heterocycles. The van der Waals surface area contributed by atoms with E-state index in [4.69, 9.17) is 4.74 Å². The van der Waals surface area contributed by atoms with Crippen molar-refractivity contribution in [3.8, 4) is 5.75 Å². The van der Waals surface area contributed by atoms with Gasteiger partial charge in [-0.05, 0) is 31.2 Å². The first-order valence-corrected chi connectivity index (χ1v) is 8.88. The second kappa shape index (κ2) is 8.07. The number of nitrogens with zero attached hydrogens (tertiary/aromatic N) is 3. The SMILES string of the molecule is CCOc1ccc(N2C[C@H](NC(=O)N3CCN(C=O)CC3)CC2=O)cc1. The highest BCUT2D eigenvalue weighted by molar-refractivity contribution is 5.96. The molecule has 26 heavy (non-hydrogen) atoms. The van der Waals surface area contributed by atoms with Gasteiger partial charge in [0.05, 0.1) is 12.6 Å². The van der Waals surface area contributed by atoms with Crippen LogP contribution in [0, 0.1) is 0 Å². The number of benzene rings is 1. The highest BCUT2D eigenvalue weighted by atomic mass is 16.5. The fourth-order valence-corrected chi connectivity index (χ4v) is 3.24. The second-order valence-electron chi connectivity index (χ2n) is 6.41. The molecule has 0 unspecified atom stereocenters. The van der Waals surface area contributed by atoms with E-state index in [1.165, 1.54) is 0 Å². The highest BCUT2D eigenvalue weighted by Crippen LogP contribution is 2.24. The van der Waals surface area contributed by atoms with E-state index in [1.807, 2.05) is 31.2 Å². The molecule has 2 heterocycles. The van der Waals surface area contributed by atoms with E-state index in [0.29, 0.717) is 39.3 Å². The van der Waals surface area contributed by atoms with Crippen molar-refractivity contribution in [3.63, 3.8) is 0 Å². The Morgan fingerprint density at radius 3 is 2.54 bits per heavy atom. The van der Waals surface area contributed by atoms with Gasteiger partial charge in [0.25, 0.3) is 0 Å². The lowest BCUT2D eigenvalue weighted by Crippen LogP contribution is -2.53. The molecule has 2 fully saturated rings. The molecule has 8 heteroatoms. The summed E-state index contributed by atoms with van der Waals surface area (Å²) >= 11 is 0. The molecule has 3 rings (SSSR count). The molecule has 1 aromatic rings. The molecule has 8 nitrogen and oxygen atoms in total. The van der Waals surface area contributed by atoms with Gasteiger partial charge in [0.15, 0.2) is 0 Å². The number of rotatable bonds is 5. The van der Waals surface area contributed by atoms with Crippen LogP contribution >= 0.6 is 0 Å². The Bertz CT molecular complexity index is 656. The van der Waals surface area contributed by atoms with E-state index in [0.717, 1.165) is 17.8 Å². The van der Waals surface area contributed by atoms with Crippen LogP contribution in [-0.2, 0) is 9.59 Å². The molecule has 1 atom stereocenters. The van der Waals surface area contributed by atoms with Crippen molar-refractivity contribution in [2.45, 2.75) is 19.4 Å². The molecule has 0 radical (unpaired) electrons. The number of hydrogen-bond donors (Lipinski definition) is 1. The molecule has 4 amide bonds. The topological polar surface area (TPSA) is 82.2 Å². The summed E-state index contributed by atoms with van der Waals surface area (Å²) in [6, 6.07) is 6.99. The molecule has 1 N–H and O–H groups in total. The van der Waals surface area contributed by atoms with E-state index in [-0.39, 0.29) is 24.4 Å². The summed E-state index contributed by atoms with van der Waals surface area (Å²) in [5, 5.41) is 2.94. The lowest BCUT2D eigenvalue weighted by Gasteiger charge is -2.33. The minimum Gasteiger partial charge on any atom is -0.494 e. The summed E-state index contributed by atoms with van der Waals surface area (Å²) in [7, 11) is 0. The summed E-state index contributed by atoms with van der Waals surface area (Å²) in [5.74, 6) is 0.757. The van der Waals surface area contributed by atoms with E-state index in [2.05, 4.69) is 5.32 Å². The zero-order chi connectivity index (χ0) is 18.5. The third-order valence-electron chi connectivity index (χ3n) is 4.66. The van der Waals surface area contributed by atoms with Crippen LogP contribution in [0.1, 0.15) is 13.3 Å². The minimum atomic E-state index is -0.217. The molecule has 2 aliphatic rings. The van der Waals surface area contributed by atoms with Crippen LogP contribution in [0.25, 0.3) is 0 Å². The zero-order valence-corrected chi connectivity index (χ0v) is 14.9. The minimum absolute atomic E-state index is 0.00904. The first kappa shape index (κ1) is 18.0. The van der Waals surface area contributed by atoms with Gasteiger partial charge in [-0.25, -0.2) is 4.79 Å². The van der Waals surface area contributed by atoms with Gasteiger partial charge >= 0.3 is 6.03 Å². The number of urea groups is 1. The van der Waals surface area contributed by atoms with Gasteiger partial charge in [0.2, 0.25) is 12.3 Å². The van der Waals surface area contributed by atoms with E-state index in [1.54, 1.807) is 14.7 Å². The first-order chi connectivity index (χ1) is 12.6. The molecule has 0 bridgehead atoms. The van der Waals surface area contributed by atoms with Crippen LogP contribution in [-0.4, -0.2) is 73.5 Å². The Morgan fingerprint density at radius 2 is 1.92 bits per heavy atom. The average Bonchev–Trinajstić information content (AvgIpc) is 3.03. The summed E-state index contributed by atoms with van der Waals surface area (Å²) in [4.78, 5) is 40.5. The van der Waals surface area contributed by atoms with Crippen molar-refractivity contribution < 1.29 is 19.1 Å². The van der Waals surface area contributed by atoms with Crippen molar-refractivity contribution in [2.75, 3.05) is 44.2 Å². The summed E-state index contributed by atoms with van der Waals surface area (Å²) < 4.78 is 5.42. The maximum atomic E-state index is 12.4. The zero-order valence-electron chi connectivity index (χ0n) is 14.9. The number of carbonyl (C=O) groups excluding carboxylic acids is 3. The lowest BCUT2D eigenvalue weighted by molar-refractivity contribution is -0.119. The van der Waals surface area contributed by atoms with Crippen molar-refractivity contribution in [2.24, 2.45) is 0 Å². The Kier molecular flexibility index (Phi) is 5.60. The number of carbonyl (C=O) groups is 3. The van der Waals surface area contributed by atoms with Crippen LogP contribution < -0.4 is 15.0 Å². The maximum Gasteiger partial charge on any atom is 0.317 e. The third-order valence-corrected chi connectivity index (χ3v) is 4.66. The van der Waals surface area contributed by atoms with Gasteiger partial charge in [-0.3, -0.25) is 9.59 Å². The summed E-state index contributed by atoms with van der Waals surface area (Å²) in [5.41, 5.74) is 0.801. The van der Waals surface area contributed by atoms with Crippen molar-refractivity contribution >= 4 is 24.0 Å². The fourth-order valence-electron chi connectivity index (χ4n) is 3.24. The number of piperazine rings is 1. The Labute approximate surface area is 152 Å². The summed E-state index contributed by atoms with van der Waals surface area (Å²) in [6.45, 7) is 5.06. The first-order valence-electron chi connectivity index (χ1n) is 8.88. The maximum absolute atomic E-state index is 12.4. The summed E-state index contributed by atoms with van der Waals surface area (Å²) in [6.07, 6.45) is 1.09. The van der Waals surface area contributed by atoms with Gasteiger partial charge in [-0.1, -0.05) is 0 Å². The molecular formula is C18H24N4O4. The average molecular weight is 360 g/mol. The number of amides is 4. The molecule has 0 spiro atoms. The Balaban J connectivity index is 1.54. The molecule has 1 aromatic carbocycles. The van der Waals surface area contributed by atoms with Crippen LogP contribution in [0.4, 0.5) is 10.5 Å². The lowest BCUT2D eigenvalue weighted by atomic mass is 10.2. The molecule has 0 saturated carbocycles. The van der Waals surface area contributed by atoms with Gasteiger partial charge in [0, 0.05) is 44.8 Å². The smallest absolute Gasteiger partial charge is 0.317 e. The van der Waals surface area contributed by atoms with Gasteiger partial charge < -0.3 is 24.8 Å². The molecule has 0 aliphatic carbocycles. The highest BCUT2D eigenvalue weighted by Gasteiger charge is 2.33. The van der Waals surface area contributed by atoms with Crippen molar-refractivity contribution in [1.29, 1.82) is 0 Å². The number of hydrogen-bond acceptors (Lipinski definition) is 4. The standard InChI is InChI=1S/C18H24N4O4/c1-2-26-16-5-3-15(4-6-16)22-12-14(11-17(22)24)19-18(25)21-9-7-20(13-23)8-10-21/h3-6,13-14H,2,7-12H2,1H3,(H,19,25)/t14-/m1/s1. The Hall–Kier alpha value is -2.77. The fraction of sp³-hybridized carbons (Fsp3) is 0.500. The van der Waals surface area contributed by atoms with Crippen LogP contribution in [0.5, 0.6) is 5.75 Å². The normalized spacial score (nSPS) is 20.3. The third kappa shape index (κ3) is 4.07. The quantitative estimate of drug-likeness (QED) is 0.783. The van der Waals surface area contributed by atoms with E-state index >= 15 is 0 Å². The molecule has 0 aromatic heterocycles. The number of ether oxygens (including phenoxy) is 1. The molecular weight excluding hydrogens is 336 g/mol. The molecule has 140 valence electrons. The predicted molar refractivity (Wildman–Crippen MR) is 96.1 cm³/mol. The Morgan fingerprint density at radius 1 is 1.23 bits per heavy atom. The number of nitrogens with one attached hydrogen (secondary N) is 1. The van der Waals surface area contributed by atoms with Gasteiger partial charge in [0.1, 0.15) is 5.75 Å². The number of anilines is 1. The van der Waals surface area contributed by atoms with Crippen LogP contribution in [0.2, 0.25) is 0 Å². The van der Waals surface area contributed by atoms with Crippen LogP contribution in [0.15, 0.2) is 24.3 Å².